The highest BCUT2D eigenvalue weighted by Crippen LogP contribution is 2.23. The molecule has 0 aromatic heterocycles. The van der Waals surface area contributed by atoms with E-state index in [2.05, 4.69) is 53.2 Å². The SMILES string of the molecule is CC(=O)N[C@@H]1C(OCCCCC(=O)NCCCCC(NC(=O)CCCCOC(OC(CO)[C@@H](C)O)[C@H](CO)NC(C)=O)C(=O)NC(CCCCNC(=O)C(CCCCNC(=O)CCCCOC(OC(CO)[C@@H](C)O)[C@H](CO)NC(C)=O)NC(=O)CCCCOC(OC(CO)[C@@H](C)O)[C@H](CO)NC(C)=O)C(C)=O)OC(CO)C(O)C1O. The zero-order valence-corrected chi connectivity index (χ0v) is 67.9. The molecule has 1 rings (SSSR count). The number of carbonyl (C=O) groups excluding carboxylic acids is 11. The lowest BCUT2D eigenvalue weighted by atomic mass is 9.97. The summed E-state index contributed by atoms with van der Waals surface area (Å²) in [6.07, 6.45) is -11.5. The van der Waals surface area contributed by atoms with Crippen LogP contribution in [0.2, 0.25) is 0 Å². The van der Waals surface area contributed by atoms with Gasteiger partial charge in [0.1, 0.15) is 72.9 Å². The Balaban J connectivity index is 3.20. The Bertz CT molecular complexity index is 2770. The van der Waals surface area contributed by atoms with Crippen LogP contribution in [-0.4, -0.2) is 341 Å². The fraction of sp³-hybridized carbons (Fsp3) is 0.851. The number of carbonyl (C=O) groups is 11. The van der Waals surface area contributed by atoms with Gasteiger partial charge in [-0.05, 0) is 137 Å². The van der Waals surface area contributed by atoms with Crippen LogP contribution < -0.4 is 53.2 Å². The van der Waals surface area contributed by atoms with Crippen LogP contribution in [0.25, 0.3) is 0 Å². The largest absolute Gasteiger partial charge is 0.394 e. The molecule has 0 saturated carbocycles. The molecule has 41 nitrogen and oxygen atoms in total. The molecule has 0 radical (unpaired) electrons. The molecule has 0 aromatic carbocycles. The lowest BCUT2D eigenvalue weighted by molar-refractivity contribution is -0.270. The summed E-state index contributed by atoms with van der Waals surface area (Å²) in [7, 11) is 0. The number of unbranched alkanes of at least 4 members (excludes halogenated alkanes) is 7. The van der Waals surface area contributed by atoms with E-state index in [0.29, 0.717) is 51.4 Å². The fourth-order valence-corrected chi connectivity index (χ4v) is 11.6. The fourth-order valence-electron chi connectivity index (χ4n) is 11.6. The standard InChI is InChI=1S/C74H136N10O31/c1-44(92)52(84-70(107)54(83-65(103)29-15-22-35-110-73(57(39-87)80-50(7)98)114-60(42-90)47(4)95)25-11-17-31-76-63(101)27-13-20-36-111-74-66(81-51(8)99)68(105)67(104)61(43-91)115-74)23-9-18-32-77-69(106)53(82-64(102)28-14-21-34-109-72(56(38-86)79-49(6)97)113-59(41-89)46(3)94)24-10-16-30-75-62(100)26-12-19-33-108-71(55(37-85)78-48(5)96)112-58(40-88)45(2)93/h45-47,52-61,66-68,71-74,85-91,93-95,104-105H,9-43H2,1-8H3,(H,75,100)(H,76,101)(H,77,106)(H,78,96)(H,79,97)(H,80,98)(H,81,99)(H,82,102)(H,83,103)(H,84,107)/t45-,46-,47-,52?,53?,54?,55+,56+,57+,58?,59?,60?,61?,66+,67?,68?,71?,72?,73?,74?/m1/s1. The molecule has 668 valence electrons. The van der Waals surface area contributed by atoms with E-state index in [0.717, 1.165) is 0 Å². The Morgan fingerprint density at radius 1 is 0.374 bits per heavy atom. The van der Waals surface area contributed by atoms with Gasteiger partial charge in [-0.15, -0.1) is 0 Å². The summed E-state index contributed by atoms with van der Waals surface area (Å²) >= 11 is 0. The number of nitrogens with one attached hydrogen (secondary N) is 10. The van der Waals surface area contributed by atoms with Gasteiger partial charge in [0, 0.05) is 99.4 Å². The maximum atomic E-state index is 14.2. The van der Waals surface area contributed by atoms with E-state index in [9.17, 15) is 114 Å². The van der Waals surface area contributed by atoms with Crippen molar-refractivity contribution in [3.05, 3.63) is 0 Å². The van der Waals surface area contributed by atoms with Crippen molar-refractivity contribution >= 4 is 64.9 Å². The van der Waals surface area contributed by atoms with Gasteiger partial charge in [0.2, 0.25) is 59.1 Å². The second-order valence-electron chi connectivity index (χ2n) is 28.5. The number of aliphatic hydroxyl groups excluding tert-OH is 12. The van der Waals surface area contributed by atoms with Gasteiger partial charge in [-0.2, -0.15) is 0 Å². The summed E-state index contributed by atoms with van der Waals surface area (Å²) < 4.78 is 45.7. The Hall–Kier alpha value is -6.43. The predicted molar refractivity (Wildman–Crippen MR) is 408 cm³/mol. The van der Waals surface area contributed by atoms with Crippen LogP contribution in [0, 0.1) is 0 Å². The number of hydrogen-bond donors (Lipinski definition) is 22. The molecule has 1 aliphatic heterocycles. The van der Waals surface area contributed by atoms with Gasteiger partial charge in [0.15, 0.2) is 30.9 Å². The molecule has 13 unspecified atom stereocenters. The van der Waals surface area contributed by atoms with E-state index in [4.69, 9.17) is 37.9 Å². The van der Waals surface area contributed by atoms with Crippen LogP contribution in [0.15, 0.2) is 0 Å². The average Bonchev–Trinajstić information content (AvgIpc) is 0.806. The van der Waals surface area contributed by atoms with Crippen LogP contribution in [0.4, 0.5) is 0 Å². The Labute approximate surface area is 672 Å². The number of aliphatic hydroxyl groups is 12. The highest BCUT2D eigenvalue weighted by molar-refractivity contribution is 5.92. The van der Waals surface area contributed by atoms with Gasteiger partial charge in [0.25, 0.3) is 0 Å². The molecule has 10 amide bonds. The van der Waals surface area contributed by atoms with Crippen molar-refractivity contribution in [1.29, 1.82) is 0 Å². The number of ketones is 1. The monoisotopic (exact) mass is 1660 g/mol. The van der Waals surface area contributed by atoms with Crippen LogP contribution >= 0.6 is 0 Å². The van der Waals surface area contributed by atoms with Crippen molar-refractivity contribution in [3.63, 3.8) is 0 Å². The van der Waals surface area contributed by atoms with Crippen molar-refractivity contribution in [2.24, 2.45) is 0 Å². The van der Waals surface area contributed by atoms with Crippen molar-refractivity contribution < 1.29 is 152 Å². The summed E-state index contributed by atoms with van der Waals surface area (Å²) in [6.45, 7) is 6.41. The summed E-state index contributed by atoms with van der Waals surface area (Å²) in [6, 6.07) is -7.60. The van der Waals surface area contributed by atoms with E-state index in [-0.39, 0.29) is 141 Å². The van der Waals surface area contributed by atoms with Gasteiger partial charge in [-0.25, -0.2) is 0 Å². The molecule has 1 fully saturated rings. The Kier molecular flexibility index (Phi) is 58.1. The zero-order valence-electron chi connectivity index (χ0n) is 67.9. The number of amides is 10. The Morgan fingerprint density at radius 3 is 1.05 bits per heavy atom. The molecule has 0 aromatic rings. The van der Waals surface area contributed by atoms with Gasteiger partial charge in [-0.1, -0.05) is 0 Å². The Morgan fingerprint density at radius 2 is 0.722 bits per heavy atom. The number of Topliss-reactive ketones (excluding diaryl/α,β-unsaturated/α-hetero) is 1. The van der Waals surface area contributed by atoms with E-state index < -0.39 is 222 Å². The van der Waals surface area contributed by atoms with Gasteiger partial charge < -0.3 is 152 Å². The lowest BCUT2D eigenvalue weighted by Gasteiger charge is -2.42. The van der Waals surface area contributed by atoms with Crippen LogP contribution in [0.5, 0.6) is 0 Å². The van der Waals surface area contributed by atoms with Crippen molar-refractivity contribution in [2.45, 2.75) is 313 Å². The second-order valence-corrected chi connectivity index (χ2v) is 28.5. The van der Waals surface area contributed by atoms with Crippen molar-refractivity contribution in [3.8, 4) is 0 Å². The van der Waals surface area contributed by atoms with Gasteiger partial charge in [0.05, 0.1) is 70.6 Å². The molecule has 0 spiro atoms. The van der Waals surface area contributed by atoms with E-state index in [1.165, 1.54) is 55.4 Å². The molecule has 20 atom stereocenters. The third-order valence-corrected chi connectivity index (χ3v) is 18.2. The van der Waals surface area contributed by atoms with E-state index >= 15 is 0 Å². The minimum Gasteiger partial charge on any atom is -0.394 e. The maximum absolute atomic E-state index is 14.2. The quantitative estimate of drug-likeness (QED) is 0.0199. The number of rotatable bonds is 68. The first-order valence-electron chi connectivity index (χ1n) is 39.7. The molecular weight excluding hydrogens is 1520 g/mol. The molecule has 1 saturated heterocycles. The second kappa shape index (κ2) is 62.7. The molecule has 22 N–H and O–H groups in total. The molecular formula is C74H136N10O31. The minimum atomic E-state index is -1.50. The van der Waals surface area contributed by atoms with Crippen LogP contribution in [0.1, 0.15) is 190 Å². The molecule has 0 bridgehead atoms. The number of ether oxygens (including phenoxy) is 8. The maximum Gasteiger partial charge on any atom is 0.243 e. The van der Waals surface area contributed by atoms with Crippen LogP contribution in [0.3, 0.4) is 0 Å². The van der Waals surface area contributed by atoms with E-state index in [1.807, 2.05) is 0 Å². The third-order valence-electron chi connectivity index (χ3n) is 18.2. The topological polar surface area (TPSA) is 625 Å². The summed E-state index contributed by atoms with van der Waals surface area (Å²) in [5.41, 5.74) is 0. The normalized spacial score (nSPS) is 19.5. The number of hydrogen-bond acceptors (Lipinski definition) is 31. The van der Waals surface area contributed by atoms with Crippen molar-refractivity contribution in [2.75, 3.05) is 92.3 Å². The highest BCUT2D eigenvalue weighted by Gasteiger charge is 2.45. The minimum absolute atomic E-state index is 0.0239. The van der Waals surface area contributed by atoms with Gasteiger partial charge in [-0.3, -0.25) is 52.7 Å². The first-order chi connectivity index (χ1) is 54.7. The van der Waals surface area contributed by atoms with Crippen LogP contribution in [-0.2, 0) is 90.6 Å². The van der Waals surface area contributed by atoms with Crippen molar-refractivity contribution in [1.82, 2.24) is 53.2 Å². The lowest BCUT2D eigenvalue weighted by Crippen LogP contribution is -2.64. The first-order valence-corrected chi connectivity index (χ1v) is 39.7. The average molecular weight is 1660 g/mol. The summed E-state index contributed by atoms with van der Waals surface area (Å²) in [4.78, 5) is 141. The van der Waals surface area contributed by atoms with E-state index in [1.54, 1.807) is 0 Å². The molecule has 41 heteroatoms. The smallest absolute Gasteiger partial charge is 0.243 e. The first kappa shape index (κ1) is 107. The zero-order chi connectivity index (χ0) is 86.4. The predicted octanol–water partition coefficient (Wildman–Crippen LogP) is -5.68. The molecule has 0 aliphatic carbocycles. The molecule has 1 aliphatic rings. The molecule has 115 heavy (non-hydrogen) atoms. The molecule has 1 heterocycles. The summed E-state index contributed by atoms with van der Waals surface area (Å²) in [5, 5.41) is 146. The summed E-state index contributed by atoms with van der Waals surface area (Å²) in [5.74, 6) is -5.33. The third kappa shape index (κ3) is 47.1. The van der Waals surface area contributed by atoms with Gasteiger partial charge >= 0.3 is 0 Å². The highest BCUT2D eigenvalue weighted by atomic mass is 16.7.